The molecule has 1 unspecified atom stereocenters. The van der Waals surface area contributed by atoms with Gasteiger partial charge in [0.2, 0.25) is 0 Å². The van der Waals surface area contributed by atoms with Gasteiger partial charge in [0.1, 0.15) is 5.82 Å². The van der Waals surface area contributed by atoms with Gasteiger partial charge in [-0.25, -0.2) is 4.98 Å². The fourth-order valence-corrected chi connectivity index (χ4v) is 2.21. The third-order valence-electron chi connectivity index (χ3n) is 2.77. The SMILES string of the molecule is CCCCC(CCC)Nc1ncc(Br)cc1N. The Hall–Kier alpha value is -0.770. The van der Waals surface area contributed by atoms with Crippen molar-refractivity contribution >= 4 is 27.4 Å². The maximum atomic E-state index is 5.94. The van der Waals surface area contributed by atoms with E-state index >= 15 is 0 Å². The minimum absolute atomic E-state index is 0.482. The lowest BCUT2D eigenvalue weighted by Crippen LogP contribution is -2.20. The number of halogens is 1. The number of rotatable bonds is 7. The van der Waals surface area contributed by atoms with E-state index in [4.69, 9.17) is 5.73 Å². The van der Waals surface area contributed by atoms with Gasteiger partial charge in [0.25, 0.3) is 0 Å². The van der Waals surface area contributed by atoms with Gasteiger partial charge in [-0.1, -0.05) is 33.1 Å². The van der Waals surface area contributed by atoms with E-state index in [1.807, 2.05) is 6.07 Å². The number of hydrogen-bond donors (Lipinski definition) is 2. The standard InChI is InChI=1S/C13H22BrN3/c1-3-5-7-11(6-4-2)17-13-12(15)8-10(14)9-16-13/h8-9,11H,3-7,15H2,1-2H3,(H,16,17). The fraction of sp³-hybridized carbons (Fsp3) is 0.615. The van der Waals surface area contributed by atoms with Crippen LogP contribution in [0.15, 0.2) is 16.7 Å². The lowest BCUT2D eigenvalue weighted by Gasteiger charge is -2.19. The van der Waals surface area contributed by atoms with Crippen LogP contribution in [0.2, 0.25) is 0 Å². The van der Waals surface area contributed by atoms with Gasteiger partial charge in [0.05, 0.1) is 5.69 Å². The Kier molecular flexibility index (Phi) is 6.34. The molecule has 1 aromatic heterocycles. The molecule has 1 aromatic rings. The lowest BCUT2D eigenvalue weighted by atomic mass is 10.1. The first-order valence-corrected chi connectivity index (χ1v) is 7.14. The summed E-state index contributed by atoms with van der Waals surface area (Å²) < 4.78 is 0.918. The zero-order valence-electron chi connectivity index (χ0n) is 10.7. The van der Waals surface area contributed by atoms with E-state index in [9.17, 15) is 0 Å². The molecule has 4 heteroatoms. The topological polar surface area (TPSA) is 50.9 Å². The van der Waals surface area contributed by atoms with Crippen LogP contribution in [-0.2, 0) is 0 Å². The Labute approximate surface area is 112 Å². The fourth-order valence-electron chi connectivity index (χ4n) is 1.86. The van der Waals surface area contributed by atoms with Gasteiger partial charge in [-0.05, 0) is 34.8 Å². The molecule has 0 aliphatic carbocycles. The number of nitrogens with zero attached hydrogens (tertiary/aromatic N) is 1. The largest absolute Gasteiger partial charge is 0.396 e. The molecule has 0 aliphatic rings. The molecular weight excluding hydrogens is 278 g/mol. The van der Waals surface area contributed by atoms with Gasteiger partial charge in [0, 0.05) is 16.7 Å². The summed E-state index contributed by atoms with van der Waals surface area (Å²) in [5.41, 5.74) is 6.65. The molecule has 0 aromatic carbocycles. The molecule has 0 spiro atoms. The van der Waals surface area contributed by atoms with Crippen molar-refractivity contribution in [2.75, 3.05) is 11.1 Å². The predicted molar refractivity (Wildman–Crippen MR) is 78.2 cm³/mol. The number of pyridine rings is 1. The molecule has 3 nitrogen and oxygen atoms in total. The van der Waals surface area contributed by atoms with Gasteiger partial charge in [-0.15, -0.1) is 0 Å². The Morgan fingerprint density at radius 1 is 1.35 bits per heavy atom. The maximum Gasteiger partial charge on any atom is 0.149 e. The number of hydrogen-bond acceptors (Lipinski definition) is 3. The second kappa shape index (κ2) is 7.54. The Morgan fingerprint density at radius 2 is 2.12 bits per heavy atom. The summed E-state index contributed by atoms with van der Waals surface area (Å²) in [6.07, 6.45) is 7.78. The summed E-state index contributed by atoms with van der Waals surface area (Å²) in [4.78, 5) is 4.32. The van der Waals surface area contributed by atoms with Crippen molar-refractivity contribution < 1.29 is 0 Å². The zero-order chi connectivity index (χ0) is 12.7. The number of nitrogen functional groups attached to an aromatic ring is 1. The van der Waals surface area contributed by atoms with Crippen LogP contribution in [-0.4, -0.2) is 11.0 Å². The molecule has 1 heterocycles. The molecule has 0 fully saturated rings. The number of anilines is 2. The highest BCUT2D eigenvalue weighted by Crippen LogP contribution is 2.22. The highest BCUT2D eigenvalue weighted by atomic mass is 79.9. The molecule has 3 N–H and O–H groups in total. The predicted octanol–water partition coefficient (Wildman–Crippen LogP) is 4.20. The quantitative estimate of drug-likeness (QED) is 0.793. The summed E-state index contributed by atoms with van der Waals surface area (Å²) in [6, 6.07) is 2.37. The smallest absolute Gasteiger partial charge is 0.149 e. The van der Waals surface area contributed by atoms with E-state index in [1.165, 1.54) is 25.7 Å². The van der Waals surface area contributed by atoms with Crippen LogP contribution >= 0.6 is 15.9 Å². The van der Waals surface area contributed by atoms with E-state index < -0.39 is 0 Å². The van der Waals surface area contributed by atoms with E-state index in [0.29, 0.717) is 11.7 Å². The van der Waals surface area contributed by atoms with Gasteiger partial charge in [0.15, 0.2) is 0 Å². The Balaban J connectivity index is 2.64. The number of aromatic nitrogens is 1. The second-order valence-corrected chi connectivity index (χ2v) is 5.28. The minimum Gasteiger partial charge on any atom is -0.396 e. The molecule has 0 radical (unpaired) electrons. The number of nitrogens with two attached hydrogens (primary N) is 1. The highest BCUT2D eigenvalue weighted by molar-refractivity contribution is 9.10. The van der Waals surface area contributed by atoms with Crippen LogP contribution in [0.4, 0.5) is 11.5 Å². The third-order valence-corrected chi connectivity index (χ3v) is 3.20. The summed E-state index contributed by atoms with van der Waals surface area (Å²) in [6.45, 7) is 4.42. The molecule has 0 aliphatic heterocycles. The van der Waals surface area contributed by atoms with Crippen LogP contribution in [0.1, 0.15) is 46.0 Å². The van der Waals surface area contributed by atoms with E-state index in [1.54, 1.807) is 6.20 Å². The van der Waals surface area contributed by atoms with Crippen LogP contribution in [0.5, 0.6) is 0 Å². The van der Waals surface area contributed by atoms with Crippen molar-refractivity contribution in [2.45, 2.75) is 52.0 Å². The van der Waals surface area contributed by atoms with E-state index in [0.717, 1.165) is 16.7 Å². The molecule has 17 heavy (non-hydrogen) atoms. The normalized spacial score (nSPS) is 12.4. The zero-order valence-corrected chi connectivity index (χ0v) is 12.3. The average Bonchev–Trinajstić information content (AvgIpc) is 2.29. The highest BCUT2D eigenvalue weighted by Gasteiger charge is 2.09. The van der Waals surface area contributed by atoms with Crippen LogP contribution < -0.4 is 11.1 Å². The molecule has 0 saturated carbocycles. The molecule has 1 rings (SSSR count). The molecule has 1 atom stereocenters. The van der Waals surface area contributed by atoms with Gasteiger partial charge >= 0.3 is 0 Å². The van der Waals surface area contributed by atoms with Crippen molar-refractivity contribution in [3.8, 4) is 0 Å². The minimum atomic E-state index is 0.482. The number of unbranched alkanes of at least 4 members (excludes halogenated alkanes) is 1. The van der Waals surface area contributed by atoms with Crippen LogP contribution in [0, 0.1) is 0 Å². The van der Waals surface area contributed by atoms with Crippen molar-refractivity contribution in [1.82, 2.24) is 4.98 Å². The van der Waals surface area contributed by atoms with E-state index in [2.05, 4.69) is 40.1 Å². The first-order valence-electron chi connectivity index (χ1n) is 6.34. The number of nitrogens with one attached hydrogen (secondary N) is 1. The van der Waals surface area contributed by atoms with Crippen molar-refractivity contribution in [1.29, 1.82) is 0 Å². The van der Waals surface area contributed by atoms with Gasteiger partial charge < -0.3 is 11.1 Å². The lowest BCUT2D eigenvalue weighted by molar-refractivity contribution is 0.563. The summed E-state index contributed by atoms with van der Waals surface area (Å²) in [7, 11) is 0. The van der Waals surface area contributed by atoms with Crippen LogP contribution in [0.25, 0.3) is 0 Å². The Bertz CT molecular complexity index is 341. The summed E-state index contributed by atoms with van der Waals surface area (Å²) in [5.74, 6) is 0.808. The van der Waals surface area contributed by atoms with Crippen molar-refractivity contribution in [3.63, 3.8) is 0 Å². The molecule has 0 saturated heterocycles. The van der Waals surface area contributed by atoms with Gasteiger partial charge in [-0.3, -0.25) is 0 Å². The van der Waals surface area contributed by atoms with Crippen molar-refractivity contribution in [3.05, 3.63) is 16.7 Å². The first kappa shape index (κ1) is 14.3. The third kappa shape index (κ3) is 4.94. The molecular formula is C13H22BrN3. The first-order chi connectivity index (χ1) is 8.17. The molecule has 0 amide bonds. The average molecular weight is 300 g/mol. The Morgan fingerprint density at radius 3 is 2.71 bits per heavy atom. The second-order valence-electron chi connectivity index (χ2n) is 4.36. The monoisotopic (exact) mass is 299 g/mol. The van der Waals surface area contributed by atoms with Crippen LogP contribution in [0.3, 0.4) is 0 Å². The summed E-state index contributed by atoms with van der Waals surface area (Å²) >= 11 is 3.36. The summed E-state index contributed by atoms with van der Waals surface area (Å²) in [5, 5.41) is 3.45. The molecule has 96 valence electrons. The van der Waals surface area contributed by atoms with Crippen molar-refractivity contribution in [2.24, 2.45) is 0 Å². The van der Waals surface area contributed by atoms with E-state index in [-0.39, 0.29) is 0 Å². The molecule has 0 bridgehead atoms. The van der Waals surface area contributed by atoms with Gasteiger partial charge in [-0.2, -0.15) is 0 Å². The maximum absolute atomic E-state index is 5.94.